The van der Waals surface area contributed by atoms with Crippen molar-refractivity contribution >= 4 is 28.6 Å². The topological polar surface area (TPSA) is 130 Å². The third kappa shape index (κ3) is 1.48. The molecular formula is C12H14ClN5O3. The van der Waals surface area contributed by atoms with Crippen molar-refractivity contribution in [1.82, 2.24) is 19.5 Å². The number of hydrogen-bond acceptors (Lipinski definition) is 7. The van der Waals surface area contributed by atoms with Crippen LogP contribution in [0.1, 0.15) is 6.42 Å². The van der Waals surface area contributed by atoms with Crippen LogP contribution in [0.5, 0.6) is 0 Å². The zero-order chi connectivity index (χ0) is 14.9. The smallest absolute Gasteiger partial charge is 0.226 e. The molecule has 8 nitrogen and oxygen atoms in total. The minimum Gasteiger partial charge on any atom is -0.396 e. The van der Waals surface area contributed by atoms with Crippen LogP contribution < -0.4 is 5.73 Å². The lowest BCUT2D eigenvalue weighted by atomic mass is 10.0. The van der Waals surface area contributed by atoms with Gasteiger partial charge >= 0.3 is 0 Å². The molecule has 0 aromatic carbocycles. The second-order valence-corrected chi connectivity index (χ2v) is 6.09. The van der Waals surface area contributed by atoms with Gasteiger partial charge in [0.15, 0.2) is 11.5 Å². The Morgan fingerprint density at radius 2 is 2.19 bits per heavy atom. The molecule has 21 heavy (non-hydrogen) atoms. The normalized spacial score (nSPS) is 37.9. The molecule has 0 radical (unpaired) electrons. The molecule has 2 aromatic heterocycles. The van der Waals surface area contributed by atoms with E-state index in [1.165, 1.54) is 6.33 Å². The van der Waals surface area contributed by atoms with Crippen LogP contribution in [0, 0.1) is 11.8 Å². The first-order valence-corrected chi connectivity index (χ1v) is 7.02. The third-order valence-corrected chi connectivity index (χ3v) is 5.04. The van der Waals surface area contributed by atoms with Crippen molar-refractivity contribution in [3.8, 4) is 0 Å². The third-order valence-electron chi connectivity index (χ3n) is 4.88. The molecule has 2 aliphatic carbocycles. The van der Waals surface area contributed by atoms with Gasteiger partial charge in [-0.2, -0.15) is 9.97 Å². The molecule has 2 saturated carbocycles. The zero-order valence-electron chi connectivity index (χ0n) is 10.9. The van der Waals surface area contributed by atoms with Crippen molar-refractivity contribution in [2.45, 2.75) is 24.2 Å². The Morgan fingerprint density at radius 3 is 2.86 bits per heavy atom. The van der Waals surface area contributed by atoms with Crippen molar-refractivity contribution in [2.75, 3.05) is 12.3 Å². The Labute approximate surface area is 124 Å². The fourth-order valence-electron chi connectivity index (χ4n) is 3.78. The van der Waals surface area contributed by atoms with E-state index in [1.807, 2.05) is 0 Å². The van der Waals surface area contributed by atoms with Crippen LogP contribution in [0.2, 0.25) is 5.28 Å². The van der Waals surface area contributed by atoms with Gasteiger partial charge in [-0.25, -0.2) is 4.98 Å². The molecule has 5 N–H and O–H groups in total. The zero-order valence-corrected chi connectivity index (χ0v) is 11.6. The summed E-state index contributed by atoms with van der Waals surface area (Å²) in [5, 5.41) is 29.9. The van der Waals surface area contributed by atoms with Gasteiger partial charge in [0, 0.05) is 12.5 Å². The first kappa shape index (κ1) is 13.2. The molecule has 9 heteroatoms. The summed E-state index contributed by atoms with van der Waals surface area (Å²) < 4.78 is 1.71. The molecule has 5 atom stereocenters. The standard InChI is InChI=1S/C12H14ClN5O3/c13-11-16-9(14)6-10(17-11)18(3-15-6)12-1-5(12)4(2-19)7(20)8(12)21/h3-5,7-8,19-21H,1-2H2,(H2,14,16,17). The first-order valence-electron chi connectivity index (χ1n) is 6.64. The van der Waals surface area contributed by atoms with Gasteiger partial charge in [0.2, 0.25) is 5.28 Å². The monoisotopic (exact) mass is 311 g/mol. The minimum absolute atomic E-state index is 0.00194. The molecule has 0 spiro atoms. The molecule has 2 heterocycles. The Kier molecular flexibility index (Phi) is 2.54. The Morgan fingerprint density at radius 1 is 1.43 bits per heavy atom. The summed E-state index contributed by atoms with van der Waals surface area (Å²) in [6.07, 6.45) is 0.207. The molecule has 112 valence electrons. The van der Waals surface area contributed by atoms with Gasteiger partial charge in [-0.3, -0.25) is 0 Å². The summed E-state index contributed by atoms with van der Waals surface area (Å²) in [7, 11) is 0. The van der Waals surface area contributed by atoms with Crippen LogP contribution in [-0.2, 0) is 5.54 Å². The van der Waals surface area contributed by atoms with Crippen LogP contribution in [0.15, 0.2) is 6.33 Å². The van der Waals surface area contributed by atoms with E-state index in [4.69, 9.17) is 17.3 Å². The minimum atomic E-state index is -0.994. The van der Waals surface area contributed by atoms with E-state index in [0.717, 1.165) is 0 Å². The van der Waals surface area contributed by atoms with Crippen LogP contribution in [-0.4, -0.2) is 53.7 Å². The van der Waals surface area contributed by atoms with Gasteiger partial charge in [0.05, 0.1) is 18.0 Å². The SMILES string of the molecule is Nc1nc(Cl)nc2c1ncn2C12CC1C(CO)C(O)C2O. The molecule has 2 aliphatic rings. The molecule has 0 bridgehead atoms. The van der Waals surface area contributed by atoms with Crippen LogP contribution in [0.3, 0.4) is 0 Å². The number of imidazole rings is 1. The highest BCUT2D eigenvalue weighted by atomic mass is 35.5. The van der Waals surface area contributed by atoms with E-state index in [-0.39, 0.29) is 29.5 Å². The van der Waals surface area contributed by atoms with Gasteiger partial charge in [0.1, 0.15) is 11.6 Å². The first-order chi connectivity index (χ1) is 10.0. The lowest BCUT2D eigenvalue weighted by Crippen LogP contribution is -2.38. The van der Waals surface area contributed by atoms with Gasteiger partial charge in [0.25, 0.3) is 0 Å². The molecule has 0 amide bonds. The number of halogens is 1. The maximum atomic E-state index is 10.4. The number of rotatable bonds is 2. The molecule has 4 rings (SSSR count). The average molecular weight is 312 g/mol. The molecule has 0 aliphatic heterocycles. The average Bonchev–Trinajstić information content (AvgIpc) is 2.94. The summed E-state index contributed by atoms with van der Waals surface area (Å²) in [5.74, 6) is -0.212. The maximum absolute atomic E-state index is 10.4. The van der Waals surface area contributed by atoms with E-state index in [9.17, 15) is 15.3 Å². The number of nitrogen functional groups attached to an aromatic ring is 1. The number of nitrogens with zero attached hydrogens (tertiary/aromatic N) is 4. The maximum Gasteiger partial charge on any atom is 0.226 e. The van der Waals surface area contributed by atoms with Crippen molar-refractivity contribution in [2.24, 2.45) is 11.8 Å². The summed E-state index contributed by atoms with van der Waals surface area (Å²) >= 11 is 5.84. The lowest BCUT2D eigenvalue weighted by Gasteiger charge is -2.23. The molecule has 2 aromatic rings. The second kappa shape index (κ2) is 4.04. The summed E-state index contributed by atoms with van der Waals surface area (Å²) in [5.41, 5.74) is 5.92. The predicted octanol–water partition coefficient (Wildman–Crippen LogP) is -0.879. The van der Waals surface area contributed by atoms with Gasteiger partial charge in [-0.05, 0) is 23.9 Å². The highest BCUT2D eigenvalue weighted by molar-refractivity contribution is 6.28. The molecule has 0 saturated heterocycles. The van der Waals surface area contributed by atoms with E-state index < -0.39 is 17.7 Å². The summed E-state index contributed by atoms with van der Waals surface area (Å²) in [6, 6.07) is 0. The fourth-order valence-corrected chi connectivity index (χ4v) is 3.95. The lowest BCUT2D eigenvalue weighted by molar-refractivity contribution is -0.0272. The van der Waals surface area contributed by atoms with Crippen LogP contribution >= 0.6 is 11.6 Å². The highest BCUT2D eigenvalue weighted by Gasteiger charge is 2.72. The van der Waals surface area contributed by atoms with E-state index >= 15 is 0 Å². The van der Waals surface area contributed by atoms with Gasteiger partial charge in [-0.15, -0.1) is 0 Å². The van der Waals surface area contributed by atoms with E-state index in [2.05, 4.69) is 15.0 Å². The number of aliphatic hydroxyl groups is 3. The Bertz CT molecular complexity index is 737. The van der Waals surface area contributed by atoms with Crippen LogP contribution in [0.25, 0.3) is 11.2 Å². The molecule has 5 unspecified atom stereocenters. The Hall–Kier alpha value is -1.48. The summed E-state index contributed by atoms with van der Waals surface area (Å²) in [4.78, 5) is 12.2. The van der Waals surface area contributed by atoms with Crippen molar-refractivity contribution in [3.05, 3.63) is 11.6 Å². The fraction of sp³-hybridized carbons (Fsp3) is 0.583. The predicted molar refractivity (Wildman–Crippen MR) is 73.4 cm³/mol. The van der Waals surface area contributed by atoms with Crippen molar-refractivity contribution < 1.29 is 15.3 Å². The highest BCUT2D eigenvalue weighted by Crippen LogP contribution is 2.64. The molecule has 2 fully saturated rings. The quantitative estimate of drug-likeness (QED) is 0.530. The number of aromatic nitrogens is 4. The number of aliphatic hydroxyl groups excluding tert-OH is 3. The Balaban J connectivity index is 1.89. The number of nitrogens with two attached hydrogens (primary N) is 1. The van der Waals surface area contributed by atoms with E-state index in [1.54, 1.807) is 4.57 Å². The largest absolute Gasteiger partial charge is 0.396 e. The van der Waals surface area contributed by atoms with Crippen molar-refractivity contribution in [3.63, 3.8) is 0 Å². The number of hydrogen-bond donors (Lipinski definition) is 4. The van der Waals surface area contributed by atoms with Gasteiger partial charge in [-0.1, -0.05) is 0 Å². The molecular weight excluding hydrogens is 298 g/mol. The number of anilines is 1. The van der Waals surface area contributed by atoms with Gasteiger partial charge < -0.3 is 25.6 Å². The second-order valence-electron chi connectivity index (χ2n) is 5.75. The number of fused-ring (bicyclic) bond motifs is 2. The van der Waals surface area contributed by atoms with Crippen molar-refractivity contribution in [1.29, 1.82) is 0 Å². The summed E-state index contributed by atoms with van der Waals surface area (Å²) in [6.45, 7) is -0.171. The van der Waals surface area contributed by atoms with E-state index in [0.29, 0.717) is 17.6 Å². The van der Waals surface area contributed by atoms with Crippen LogP contribution in [0.4, 0.5) is 5.82 Å².